The lowest BCUT2D eigenvalue weighted by molar-refractivity contribution is 1.10. The first kappa shape index (κ1) is 8.03. The molecule has 2 nitrogen and oxygen atoms in total. The van der Waals surface area contributed by atoms with E-state index in [9.17, 15) is 0 Å². The highest BCUT2D eigenvalue weighted by atomic mass is 35.5. The van der Waals surface area contributed by atoms with Crippen LogP contribution in [0.25, 0.3) is 0 Å². The Morgan fingerprint density at radius 3 is 2.91 bits per heavy atom. The third kappa shape index (κ3) is 1.50. The average Bonchev–Trinajstić information content (AvgIpc) is 2.04. The van der Waals surface area contributed by atoms with Crippen LogP contribution in [0.2, 0.25) is 5.15 Å². The van der Waals surface area contributed by atoms with E-state index < -0.39 is 0 Å². The third-order valence-corrected chi connectivity index (χ3v) is 1.77. The van der Waals surface area contributed by atoms with E-state index in [2.05, 4.69) is 4.98 Å². The smallest absolute Gasteiger partial charge is 0.147 e. The molecular formula is C8H7ClN2. The molecule has 0 aliphatic rings. The summed E-state index contributed by atoms with van der Waals surface area (Å²) in [6, 6.07) is 3.83. The quantitative estimate of drug-likeness (QED) is 0.600. The molecule has 56 valence electrons. The highest BCUT2D eigenvalue weighted by molar-refractivity contribution is 6.30. The van der Waals surface area contributed by atoms with E-state index >= 15 is 0 Å². The summed E-state index contributed by atoms with van der Waals surface area (Å²) in [5.74, 6) is 0. The lowest BCUT2D eigenvalue weighted by atomic mass is 10.1. The zero-order valence-electron chi connectivity index (χ0n) is 6.13. The Kier molecular flexibility index (Phi) is 2.45. The largest absolute Gasteiger partial charge is 0.243 e. The van der Waals surface area contributed by atoms with Crippen LogP contribution in [0.1, 0.15) is 18.1 Å². The molecule has 0 saturated carbocycles. The maximum Gasteiger partial charge on any atom is 0.147 e. The molecule has 3 heteroatoms. The van der Waals surface area contributed by atoms with Crippen molar-refractivity contribution in [2.75, 3.05) is 0 Å². The van der Waals surface area contributed by atoms with Crippen LogP contribution >= 0.6 is 11.6 Å². The van der Waals surface area contributed by atoms with E-state index in [4.69, 9.17) is 16.9 Å². The van der Waals surface area contributed by atoms with Gasteiger partial charge in [0.05, 0.1) is 5.56 Å². The second-order valence-electron chi connectivity index (χ2n) is 2.10. The first-order chi connectivity index (χ1) is 5.29. The standard InChI is InChI=1S/C8H7ClN2/c1-2-6-3-4-11-8(9)7(6)5-10/h3-4H,2H2,1H3. The number of nitriles is 1. The molecule has 0 spiro atoms. The normalized spacial score (nSPS) is 9.18. The van der Waals surface area contributed by atoms with Crippen LogP contribution in [0.4, 0.5) is 0 Å². The van der Waals surface area contributed by atoms with Gasteiger partial charge in [0.25, 0.3) is 0 Å². The fraction of sp³-hybridized carbons (Fsp3) is 0.250. The summed E-state index contributed by atoms with van der Waals surface area (Å²) in [4.78, 5) is 3.80. The molecule has 1 rings (SSSR count). The molecule has 0 saturated heterocycles. The van der Waals surface area contributed by atoms with Gasteiger partial charge in [-0.15, -0.1) is 0 Å². The van der Waals surface area contributed by atoms with E-state index in [0.29, 0.717) is 10.7 Å². The Morgan fingerprint density at radius 1 is 1.73 bits per heavy atom. The molecule has 0 aliphatic carbocycles. The molecule has 0 N–H and O–H groups in total. The number of aromatic nitrogens is 1. The van der Waals surface area contributed by atoms with Gasteiger partial charge in [-0.25, -0.2) is 4.98 Å². The first-order valence-electron chi connectivity index (χ1n) is 3.33. The number of nitrogens with zero attached hydrogens (tertiary/aromatic N) is 2. The first-order valence-corrected chi connectivity index (χ1v) is 3.71. The lowest BCUT2D eigenvalue weighted by Gasteiger charge is -1.99. The van der Waals surface area contributed by atoms with Gasteiger partial charge in [-0.2, -0.15) is 5.26 Å². The molecule has 11 heavy (non-hydrogen) atoms. The van der Waals surface area contributed by atoms with Crippen LogP contribution in [0, 0.1) is 11.3 Å². The molecule has 0 unspecified atom stereocenters. The fourth-order valence-corrected chi connectivity index (χ4v) is 1.11. The molecule has 1 heterocycles. The Hall–Kier alpha value is -1.07. The summed E-state index contributed by atoms with van der Waals surface area (Å²) in [5.41, 5.74) is 1.45. The third-order valence-electron chi connectivity index (χ3n) is 1.48. The number of pyridine rings is 1. The molecule has 1 aromatic rings. The van der Waals surface area contributed by atoms with Crippen molar-refractivity contribution in [2.45, 2.75) is 13.3 Å². The number of halogens is 1. The summed E-state index contributed by atoms with van der Waals surface area (Å²) in [7, 11) is 0. The van der Waals surface area contributed by atoms with Crippen molar-refractivity contribution in [3.63, 3.8) is 0 Å². The van der Waals surface area contributed by atoms with Crippen molar-refractivity contribution in [1.82, 2.24) is 4.98 Å². The maximum atomic E-state index is 8.66. The van der Waals surface area contributed by atoms with Gasteiger partial charge in [0.1, 0.15) is 11.2 Å². The number of rotatable bonds is 1. The molecule has 0 aromatic carbocycles. The van der Waals surface area contributed by atoms with E-state index in [0.717, 1.165) is 12.0 Å². The molecular weight excluding hydrogens is 160 g/mol. The summed E-state index contributed by atoms with van der Waals surface area (Å²) >= 11 is 5.67. The van der Waals surface area contributed by atoms with E-state index in [-0.39, 0.29) is 0 Å². The van der Waals surface area contributed by atoms with Crippen LogP contribution < -0.4 is 0 Å². The minimum absolute atomic E-state index is 0.298. The molecule has 1 aromatic heterocycles. The Balaban J connectivity index is 3.27. The highest BCUT2D eigenvalue weighted by Gasteiger charge is 2.04. The zero-order valence-corrected chi connectivity index (χ0v) is 6.89. The predicted molar refractivity (Wildman–Crippen MR) is 43.3 cm³/mol. The van der Waals surface area contributed by atoms with E-state index in [1.807, 2.05) is 19.1 Å². The Bertz CT molecular complexity index is 301. The summed E-state index contributed by atoms with van der Waals surface area (Å²) in [6.07, 6.45) is 2.42. The van der Waals surface area contributed by atoms with Gasteiger partial charge in [-0.05, 0) is 18.1 Å². The summed E-state index contributed by atoms with van der Waals surface area (Å²) in [5, 5.41) is 8.95. The molecule has 0 atom stereocenters. The Labute approximate surface area is 70.4 Å². The number of aryl methyl sites for hydroxylation is 1. The van der Waals surface area contributed by atoms with Gasteiger partial charge >= 0.3 is 0 Å². The minimum Gasteiger partial charge on any atom is -0.243 e. The SMILES string of the molecule is CCc1ccnc(Cl)c1C#N. The number of hydrogen-bond acceptors (Lipinski definition) is 2. The molecule has 0 bridgehead atoms. The van der Waals surface area contributed by atoms with Gasteiger partial charge in [-0.3, -0.25) is 0 Å². The average molecular weight is 167 g/mol. The topological polar surface area (TPSA) is 36.7 Å². The van der Waals surface area contributed by atoms with Crippen LogP contribution in [0.3, 0.4) is 0 Å². The summed E-state index contributed by atoms with van der Waals surface area (Å²) in [6.45, 7) is 1.98. The van der Waals surface area contributed by atoms with Gasteiger partial charge in [0, 0.05) is 6.20 Å². The lowest BCUT2D eigenvalue weighted by Crippen LogP contribution is -1.90. The minimum atomic E-state index is 0.298. The van der Waals surface area contributed by atoms with Gasteiger partial charge in [0.15, 0.2) is 0 Å². The van der Waals surface area contributed by atoms with Crippen LogP contribution in [-0.2, 0) is 6.42 Å². The molecule has 0 fully saturated rings. The van der Waals surface area contributed by atoms with Crippen molar-refractivity contribution in [2.24, 2.45) is 0 Å². The van der Waals surface area contributed by atoms with Gasteiger partial charge < -0.3 is 0 Å². The zero-order chi connectivity index (χ0) is 8.27. The molecule has 0 amide bonds. The fourth-order valence-electron chi connectivity index (χ4n) is 0.886. The van der Waals surface area contributed by atoms with Crippen molar-refractivity contribution >= 4 is 11.6 Å². The van der Waals surface area contributed by atoms with Crippen molar-refractivity contribution < 1.29 is 0 Å². The van der Waals surface area contributed by atoms with Gasteiger partial charge in [-0.1, -0.05) is 18.5 Å². The highest BCUT2D eigenvalue weighted by Crippen LogP contribution is 2.15. The molecule has 0 aliphatic heterocycles. The van der Waals surface area contributed by atoms with Crippen LogP contribution in [0.5, 0.6) is 0 Å². The number of hydrogen-bond donors (Lipinski definition) is 0. The van der Waals surface area contributed by atoms with Crippen molar-refractivity contribution in [1.29, 1.82) is 5.26 Å². The van der Waals surface area contributed by atoms with Crippen molar-refractivity contribution in [3.8, 4) is 6.07 Å². The predicted octanol–water partition coefficient (Wildman–Crippen LogP) is 2.17. The monoisotopic (exact) mass is 166 g/mol. The summed E-state index contributed by atoms with van der Waals surface area (Å²) < 4.78 is 0. The maximum absolute atomic E-state index is 8.66. The second kappa shape index (κ2) is 3.36. The second-order valence-corrected chi connectivity index (χ2v) is 2.46. The van der Waals surface area contributed by atoms with Gasteiger partial charge in [0.2, 0.25) is 0 Å². The Morgan fingerprint density at radius 2 is 2.45 bits per heavy atom. The molecule has 0 radical (unpaired) electrons. The van der Waals surface area contributed by atoms with E-state index in [1.165, 1.54) is 0 Å². The van der Waals surface area contributed by atoms with Crippen LogP contribution in [0.15, 0.2) is 12.3 Å². The van der Waals surface area contributed by atoms with E-state index in [1.54, 1.807) is 6.20 Å². The van der Waals surface area contributed by atoms with Crippen molar-refractivity contribution in [3.05, 3.63) is 28.5 Å². The van der Waals surface area contributed by atoms with Crippen LogP contribution in [-0.4, -0.2) is 4.98 Å².